The molecule has 8 nitrogen and oxygen atoms in total. The van der Waals surface area contributed by atoms with Crippen molar-refractivity contribution < 1.29 is 14.7 Å². The Balaban J connectivity index is 1.62. The molecule has 0 aliphatic carbocycles. The summed E-state index contributed by atoms with van der Waals surface area (Å²) in [4.78, 5) is 38.8. The molecule has 3 aliphatic heterocycles. The fourth-order valence-electron chi connectivity index (χ4n) is 4.86. The van der Waals surface area contributed by atoms with Crippen LogP contribution in [0.5, 0.6) is 0 Å². The maximum Gasteiger partial charge on any atom is 0.251 e. The van der Waals surface area contributed by atoms with Gasteiger partial charge in [-0.3, -0.25) is 14.4 Å². The zero-order chi connectivity index (χ0) is 19.1. The molecule has 3 aliphatic rings. The molecule has 3 N–H and O–H groups in total. The lowest BCUT2D eigenvalue weighted by Gasteiger charge is -2.47. The van der Waals surface area contributed by atoms with Crippen molar-refractivity contribution in [2.24, 2.45) is 5.92 Å². The van der Waals surface area contributed by atoms with Crippen molar-refractivity contribution in [1.82, 2.24) is 20.1 Å². The molecule has 0 radical (unpaired) electrons. The minimum absolute atomic E-state index is 0.0197. The van der Waals surface area contributed by atoms with Gasteiger partial charge in [-0.2, -0.15) is 0 Å². The van der Waals surface area contributed by atoms with Crippen LogP contribution in [0.15, 0.2) is 23.0 Å². The van der Waals surface area contributed by atoms with E-state index in [-0.39, 0.29) is 41.3 Å². The highest BCUT2D eigenvalue weighted by molar-refractivity contribution is 5.82. The lowest BCUT2D eigenvalue weighted by atomic mass is 9.78. The molecule has 1 aromatic heterocycles. The number of rotatable bonds is 3. The van der Waals surface area contributed by atoms with Gasteiger partial charge in [-0.1, -0.05) is 6.07 Å². The number of piperidine rings is 1. The average Bonchev–Trinajstić information content (AvgIpc) is 3.07. The number of carbonyl (C=O) groups excluding carboxylic acids is 2. The van der Waals surface area contributed by atoms with Crippen LogP contribution < -0.4 is 16.2 Å². The number of nitrogens with zero attached hydrogens (tertiary/aromatic N) is 2. The predicted molar refractivity (Wildman–Crippen MR) is 98.3 cm³/mol. The highest BCUT2D eigenvalue weighted by atomic mass is 16.3. The number of likely N-dealkylation sites (tertiary alicyclic amines) is 1. The molecule has 4 rings (SSSR count). The zero-order valence-corrected chi connectivity index (χ0v) is 15.4. The van der Waals surface area contributed by atoms with Crippen LogP contribution in [0.1, 0.15) is 37.4 Å². The first-order valence-electron chi connectivity index (χ1n) is 9.60. The van der Waals surface area contributed by atoms with Gasteiger partial charge in [0.05, 0.1) is 18.2 Å². The normalized spacial score (nSPS) is 32.1. The van der Waals surface area contributed by atoms with Crippen LogP contribution >= 0.6 is 0 Å². The standard InChI is InChI=1S/C19H26N4O4/c1-11(24)20-8-17-13-5-12(16-3-2-4-18(26)23(16)17)9-22(10-13)19(27)15-6-14(25)7-21-15/h2-4,12-15,17,21,25H,5-10H2,1H3,(H,20,24)/t12-,13+,14-,15+,17+/m1/s1. The number of fused-ring (bicyclic) bond motifs is 4. The SMILES string of the molecule is CC(=O)NC[C@H]1[C@H]2C[C@H](CN(C(=O)[C@@H]3C[C@@H](O)CN3)C2)c2cccc(=O)n21. The van der Waals surface area contributed by atoms with E-state index in [1.165, 1.54) is 6.92 Å². The summed E-state index contributed by atoms with van der Waals surface area (Å²) in [6.45, 7) is 3.44. The maximum absolute atomic E-state index is 12.9. The summed E-state index contributed by atoms with van der Waals surface area (Å²) < 4.78 is 1.81. The van der Waals surface area contributed by atoms with E-state index in [9.17, 15) is 19.5 Å². The van der Waals surface area contributed by atoms with Gasteiger partial charge in [0, 0.05) is 50.8 Å². The number of amides is 2. The molecule has 2 fully saturated rings. The minimum atomic E-state index is -0.477. The Kier molecular flexibility index (Phi) is 4.77. The van der Waals surface area contributed by atoms with Crippen molar-refractivity contribution in [1.29, 1.82) is 0 Å². The summed E-state index contributed by atoms with van der Waals surface area (Å²) in [5.74, 6) is 0.113. The van der Waals surface area contributed by atoms with Crippen LogP contribution in [0.3, 0.4) is 0 Å². The summed E-state index contributed by atoms with van der Waals surface area (Å²) in [7, 11) is 0. The first kappa shape index (κ1) is 18.2. The molecule has 8 heteroatoms. The third-order valence-electron chi connectivity index (χ3n) is 6.08. The van der Waals surface area contributed by atoms with Crippen molar-refractivity contribution in [3.05, 3.63) is 34.2 Å². The van der Waals surface area contributed by atoms with Gasteiger partial charge >= 0.3 is 0 Å². The van der Waals surface area contributed by atoms with Gasteiger partial charge in [0.25, 0.3) is 5.56 Å². The van der Waals surface area contributed by atoms with E-state index in [2.05, 4.69) is 10.6 Å². The molecule has 0 spiro atoms. The van der Waals surface area contributed by atoms with Crippen LogP contribution in [0.2, 0.25) is 0 Å². The van der Waals surface area contributed by atoms with Crippen LogP contribution in [-0.4, -0.2) is 64.7 Å². The highest BCUT2D eigenvalue weighted by Crippen LogP contribution is 2.41. The third kappa shape index (κ3) is 3.39. The van der Waals surface area contributed by atoms with Crippen LogP contribution in [0, 0.1) is 5.92 Å². The van der Waals surface area contributed by atoms with Crippen LogP contribution in [0.4, 0.5) is 0 Å². The number of hydrogen-bond donors (Lipinski definition) is 3. The number of aliphatic hydroxyl groups excluding tert-OH is 1. The first-order chi connectivity index (χ1) is 12.9. The molecule has 2 bridgehead atoms. The van der Waals surface area contributed by atoms with Gasteiger partial charge < -0.3 is 25.2 Å². The molecular formula is C19H26N4O4. The molecule has 2 saturated heterocycles. The van der Waals surface area contributed by atoms with Gasteiger partial charge in [-0.05, 0) is 24.8 Å². The van der Waals surface area contributed by atoms with E-state index in [1.54, 1.807) is 12.1 Å². The second kappa shape index (κ2) is 7.09. The van der Waals surface area contributed by atoms with Crippen LogP contribution in [0.25, 0.3) is 0 Å². The summed E-state index contributed by atoms with van der Waals surface area (Å²) in [5, 5.41) is 15.7. The number of hydrogen-bond acceptors (Lipinski definition) is 5. The number of β-amino-alcohol motifs (C(OH)–C–C–N with tert-alkyl or cyclic N) is 1. The van der Waals surface area contributed by atoms with E-state index >= 15 is 0 Å². The summed E-state index contributed by atoms with van der Waals surface area (Å²) in [6, 6.07) is 4.77. The van der Waals surface area contributed by atoms with Gasteiger partial charge in [0.1, 0.15) is 0 Å². The Morgan fingerprint density at radius 2 is 2.11 bits per heavy atom. The Hall–Kier alpha value is -2.19. The van der Waals surface area contributed by atoms with E-state index in [1.807, 2.05) is 15.5 Å². The summed E-state index contributed by atoms with van der Waals surface area (Å²) in [6.07, 6.45) is 0.865. The van der Waals surface area contributed by atoms with E-state index in [0.29, 0.717) is 32.6 Å². The Bertz CT molecular complexity index is 807. The molecule has 146 valence electrons. The highest BCUT2D eigenvalue weighted by Gasteiger charge is 2.43. The van der Waals surface area contributed by atoms with Crippen LogP contribution in [-0.2, 0) is 9.59 Å². The molecule has 0 aromatic carbocycles. The minimum Gasteiger partial charge on any atom is -0.392 e. The largest absolute Gasteiger partial charge is 0.392 e. The molecule has 2 amide bonds. The van der Waals surface area contributed by atoms with E-state index < -0.39 is 6.10 Å². The monoisotopic (exact) mass is 374 g/mol. The number of aromatic nitrogens is 1. The van der Waals surface area contributed by atoms with Crippen molar-refractivity contribution in [2.45, 2.75) is 43.9 Å². The summed E-state index contributed by atoms with van der Waals surface area (Å²) in [5.41, 5.74) is 0.879. The molecule has 0 saturated carbocycles. The third-order valence-corrected chi connectivity index (χ3v) is 6.08. The van der Waals surface area contributed by atoms with E-state index in [0.717, 1.165) is 12.1 Å². The maximum atomic E-state index is 12.9. The van der Waals surface area contributed by atoms with Crippen molar-refractivity contribution >= 4 is 11.8 Å². The lowest BCUT2D eigenvalue weighted by molar-refractivity contribution is -0.136. The number of carbonyl (C=O) groups is 2. The summed E-state index contributed by atoms with van der Waals surface area (Å²) >= 11 is 0. The topological polar surface area (TPSA) is 104 Å². The molecule has 5 atom stereocenters. The molecule has 4 heterocycles. The molecule has 27 heavy (non-hydrogen) atoms. The fourth-order valence-corrected chi connectivity index (χ4v) is 4.86. The quantitative estimate of drug-likeness (QED) is 0.642. The number of aliphatic hydroxyl groups is 1. The second-order valence-corrected chi connectivity index (χ2v) is 7.95. The average molecular weight is 374 g/mol. The number of pyridine rings is 1. The smallest absolute Gasteiger partial charge is 0.251 e. The molecular weight excluding hydrogens is 348 g/mol. The predicted octanol–water partition coefficient (Wildman–Crippen LogP) is -0.806. The van der Waals surface area contributed by atoms with Gasteiger partial charge in [-0.15, -0.1) is 0 Å². The first-order valence-corrected chi connectivity index (χ1v) is 9.60. The van der Waals surface area contributed by atoms with Crippen molar-refractivity contribution in [3.8, 4) is 0 Å². The van der Waals surface area contributed by atoms with E-state index in [4.69, 9.17) is 0 Å². The second-order valence-electron chi connectivity index (χ2n) is 7.95. The van der Waals surface area contributed by atoms with Gasteiger partial charge in [-0.25, -0.2) is 0 Å². The van der Waals surface area contributed by atoms with Gasteiger partial charge in [0.15, 0.2) is 0 Å². The Labute approximate surface area is 157 Å². The number of nitrogens with one attached hydrogen (secondary N) is 2. The fraction of sp³-hybridized carbons (Fsp3) is 0.632. The lowest BCUT2D eigenvalue weighted by Crippen LogP contribution is -2.55. The van der Waals surface area contributed by atoms with Crippen molar-refractivity contribution in [3.63, 3.8) is 0 Å². The Morgan fingerprint density at radius 1 is 1.30 bits per heavy atom. The van der Waals surface area contributed by atoms with Crippen molar-refractivity contribution in [2.75, 3.05) is 26.2 Å². The van der Waals surface area contributed by atoms with Gasteiger partial charge in [0.2, 0.25) is 11.8 Å². The molecule has 0 unspecified atom stereocenters. The zero-order valence-electron chi connectivity index (χ0n) is 15.4. The molecule has 1 aromatic rings. The Morgan fingerprint density at radius 3 is 2.81 bits per heavy atom.